The number of piperidine rings is 1. The molecule has 1 fully saturated rings. The first-order valence-corrected chi connectivity index (χ1v) is 7.79. The van der Waals surface area contributed by atoms with Crippen LogP contribution in [0.1, 0.15) is 39.5 Å². The van der Waals surface area contributed by atoms with Crippen molar-refractivity contribution in [3.05, 3.63) is 0 Å². The van der Waals surface area contributed by atoms with Gasteiger partial charge in [-0.2, -0.15) is 0 Å². The molecule has 21 heavy (non-hydrogen) atoms. The lowest BCUT2D eigenvalue weighted by Crippen LogP contribution is -2.51. The summed E-state index contributed by atoms with van der Waals surface area (Å²) in [7, 11) is 3.88. The van der Waals surface area contributed by atoms with Gasteiger partial charge >= 0.3 is 12.0 Å². The first-order valence-electron chi connectivity index (χ1n) is 7.79. The number of aliphatic carboxylic acids is 1. The molecule has 1 aliphatic heterocycles. The number of likely N-dealkylation sites (tertiary alicyclic amines) is 1. The van der Waals surface area contributed by atoms with Crippen molar-refractivity contribution in [2.24, 2.45) is 5.41 Å². The van der Waals surface area contributed by atoms with Crippen molar-refractivity contribution < 1.29 is 14.7 Å². The maximum atomic E-state index is 12.2. The Morgan fingerprint density at radius 2 is 1.81 bits per heavy atom. The topological polar surface area (TPSA) is 72.9 Å². The van der Waals surface area contributed by atoms with Crippen molar-refractivity contribution in [1.82, 2.24) is 15.1 Å². The molecular weight excluding hydrogens is 270 g/mol. The number of nitrogens with one attached hydrogen (secondary N) is 1. The van der Waals surface area contributed by atoms with E-state index < -0.39 is 11.4 Å². The fraction of sp³-hybridized carbons (Fsp3) is 0.867. The molecule has 1 aliphatic rings. The quantitative estimate of drug-likeness (QED) is 0.781. The van der Waals surface area contributed by atoms with Crippen LogP contribution in [0.25, 0.3) is 0 Å². The van der Waals surface area contributed by atoms with Crippen LogP contribution in [0.4, 0.5) is 4.79 Å². The summed E-state index contributed by atoms with van der Waals surface area (Å²) in [4.78, 5) is 27.6. The molecule has 1 rings (SSSR count). The molecule has 2 amide bonds. The van der Waals surface area contributed by atoms with Gasteiger partial charge in [-0.05, 0) is 45.8 Å². The van der Waals surface area contributed by atoms with Crippen LogP contribution in [0.5, 0.6) is 0 Å². The van der Waals surface area contributed by atoms with E-state index in [4.69, 9.17) is 0 Å². The molecule has 122 valence electrons. The molecule has 0 saturated carbocycles. The molecule has 1 heterocycles. The minimum absolute atomic E-state index is 0.169. The number of hydrogen-bond donors (Lipinski definition) is 2. The second kappa shape index (κ2) is 7.64. The lowest BCUT2D eigenvalue weighted by atomic mass is 9.82. The van der Waals surface area contributed by atoms with Crippen molar-refractivity contribution in [3.8, 4) is 0 Å². The van der Waals surface area contributed by atoms with Gasteiger partial charge in [0, 0.05) is 19.6 Å². The molecule has 6 nitrogen and oxygen atoms in total. The van der Waals surface area contributed by atoms with Crippen molar-refractivity contribution in [2.75, 3.05) is 33.7 Å². The number of carboxylic acid groups (broad SMARTS) is 1. The molecule has 0 aromatic rings. The summed E-state index contributed by atoms with van der Waals surface area (Å²) in [5.74, 6) is -0.838. The molecule has 0 atom stereocenters. The third kappa shape index (κ3) is 4.33. The highest BCUT2D eigenvalue weighted by Crippen LogP contribution is 2.25. The number of carbonyl (C=O) groups excluding carboxylic acids is 1. The van der Waals surface area contributed by atoms with E-state index in [1.54, 1.807) is 11.9 Å². The molecule has 0 aromatic carbocycles. The lowest BCUT2D eigenvalue weighted by Gasteiger charge is -2.36. The van der Waals surface area contributed by atoms with Gasteiger partial charge in [-0.3, -0.25) is 4.79 Å². The number of nitrogens with zero attached hydrogens (tertiary/aromatic N) is 2. The summed E-state index contributed by atoms with van der Waals surface area (Å²) < 4.78 is 0. The van der Waals surface area contributed by atoms with Crippen LogP contribution in [-0.2, 0) is 4.79 Å². The highest BCUT2D eigenvalue weighted by Gasteiger charge is 2.35. The van der Waals surface area contributed by atoms with Crippen LogP contribution in [0.15, 0.2) is 0 Å². The molecule has 0 bridgehead atoms. The monoisotopic (exact) mass is 299 g/mol. The zero-order valence-corrected chi connectivity index (χ0v) is 13.7. The van der Waals surface area contributed by atoms with Crippen molar-refractivity contribution >= 4 is 12.0 Å². The minimum Gasteiger partial charge on any atom is -0.481 e. The second-order valence-corrected chi connectivity index (χ2v) is 6.10. The van der Waals surface area contributed by atoms with Gasteiger partial charge in [0.2, 0.25) is 0 Å². The van der Waals surface area contributed by atoms with Crippen molar-refractivity contribution in [3.63, 3.8) is 0 Å². The number of amides is 2. The normalized spacial score (nSPS) is 17.5. The molecule has 0 radical (unpaired) electrons. The SMILES string of the molecule is CCC(CC)(CNC(=O)N(C)C1CCN(C)CC1)C(=O)O. The van der Waals surface area contributed by atoms with E-state index in [0.29, 0.717) is 12.8 Å². The summed E-state index contributed by atoms with van der Waals surface area (Å²) in [5.41, 5.74) is -0.858. The van der Waals surface area contributed by atoms with Gasteiger partial charge in [0.1, 0.15) is 0 Å². The van der Waals surface area contributed by atoms with Crippen molar-refractivity contribution in [1.29, 1.82) is 0 Å². The third-order valence-electron chi connectivity index (χ3n) is 4.94. The Labute approximate surface area is 127 Å². The number of urea groups is 1. The Bertz CT molecular complexity index is 361. The van der Waals surface area contributed by atoms with E-state index in [9.17, 15) is 14.7 Å². The number of rotatable bonds is 6. The highest BCUT2D eigenvalue weighted by molar-refractivity contribution is 5.78. The Hall–Kier alpha value is -1.30. The van der Waals surface area contributed by atoms with Crippen LogP contribution in [-0.4, -0.2) is 66.7 Å². The fourth-order valence-corrected chi connectivity index (χ4v) is 2.80. The molecule has 0 aliphatic carbocycles. The summed E-state index contributed by atoms with van der Waals surface area (Å²) in [6, 6.07) is 0.0701. The average Bonchev–Trinajstić information content (AvgIpc) is 2.48. The minimum atomic E-state index is -0.858. The molecule has 2 N–H and O–H groups in total. The van der Waals surface area contributed by atoms with Crippen molar-refractivity contribution in [2.45, 2.75) is 45.6 Å². The first kappa shape index (κ1) is 17.8. The number of carbonyl (C=O) groups is 2. The summed E-state index contributed by atoms with van der Waals surface area (Å²) >= 11 is 0. The summed E-state index contributed by atoms with van der Waals surface area (Å²) in [5, 5.41) is 12.2. The van der Waals surface area contributed by atoms with E-state index in [1.165, 1.54) is 0 Å². The van der Waals surface area contributed by atoms with Gasteiger partial charge < -0.3 is 20.2 Å². The van der Waals surface area contributed by atoms with Crippen LogP contribution >= 0.6 is 0 Å². The van der Waals surface area contributed by atoms with E-state index in [1.807, 2.05) is 13.8 Å². The van der Waals surface area contributed by atoms with Crippen LogP contribution < -0.4 is 5.32 Å². The van der Waals surface area contributed by atoms with E-state index in [2.05, 4.69) is 17.3 Å². The first-order chi connectivity index (χ1) is 9.86. The van der Waals surface area contributed by atoms with E-state index >= 15 is 0 Å². The predicted octanol–water partition coefficient (Wildman–Crippen LogP) is 1.61. The van der Waals surface area contributed by atoms with Crippen LogP contribution in [0, 0.1) is 5.41 Å². The molecule has 0 spiro atoms. The smallest absolute Gasteiger partial charge is 0.317 e. The van der Waals surface area contributed by atoms with Gasteiger partial charge in [-0.1, -0.05) is 13.8 Å². The fourth-order valence-electron chi connectivity index (χ4n) is 2.80. The Morgan fingerprint density at radius 3 is 2.24 bits per heavy atom. The van der Waals surface area contributed by atoms with Gasteiger partial charge in [0.25, 0.3) is 0 Å². The Balaban J connectivity index is 2.54. The van der Waals surface area contributed by atoms with Gasteiger partial charge in [-0.25, -0.2) is 4.79 Å². The Kier molecular flexibility index (Phi) is 6.45. The van der Waals surface area contributed by atoms with Gasteiger partial charge in [0.05, 0.1) is 5.41 Å². The molecule has 6 heteroatoms. The van der Waals surface area contributed by atoms with Crippen LogP contribution in [0.2, 0.25) is 0 Å². The molecule has 0 unspecified atom stereocenters. The predicted molar refractivity (Wildman–Crippen MR) is 82.3 cm³/mol. The number of carboxylic acids is 1. The summed E-state index contributed by atoms with van der Waals surface area (Å²) in [6.07, 6.45) is 2.95. The highest BCUT2D eigenvalue weighted by atomic mass is 16.4. The Morgan fingerprint density at radius 1 is 1.29 bits per heavy atom. The average molecular weight is 299 g/mol. The molecule has 0 aromatic heterocycles. The lowest BCUT2D eigenvalue weighted by molar-refractivity contribution is -0.149. The largest absolute Gasteiger partial charge is 0.481 e. The van der Waals surface area contributed by atoms with E-state index in [-0.39, 0.29) is 18.6 Å². The third-order valence-corrected chi connectivity index (χ3v) is 4.94. The maximum absolute atomic E-state index is 12.2. The standard InChI is InChI=1S/C15H29N3O3/c1-5-15(6-2,13(19)20)11-16-14(21)18(4)12-7-9-17(3)10-8-12/h12H,5-11H2,1-4H3,(H,16,21)(H,19,20). The zero-order valence-electron chi connectivity index (χ0n) is 13.7. The zero-order chi connectivity index (χ0) is 16.0. The van der Waals surface area contributed by atoms with Gasteiger partial charge in [-0.15, -0.1) is 0 Å². The molecule has 1 saturated heterocycles. The van der Waals surface area contributed by atoms with Crippen LogP contribution in [0.3, 0.4) is 0 Å². The van der Waals surface area contributed by atoms with E-state index in [0.717, 1.165) is 25.9 Å². The number of hydrogen-bond acceptors (Lipinski definition) is 3. The summed E-state index contributed by atoms with van der Waals surface area (Å²) in [6.45, 7) is 5.87. The van der Waals surface area contributed by atoms with Gasteiger partial charge in [0.15, 0.2) is 0 Å². The molecular formula is C15H29N3O3. The maximum Gasteiger partial charge on any atom is 0.317 e. The second-order valence-electron chi connectivity index (χ2n) is 6.10.